The van der Waals surface area contributed by atoms with Crippen molar-refractivity contribution in [2.45, 2.75) is 44.4 Å². The second-order valence-electron chi connectivity index (χ2n) is 9.27. The van der Waals surface area contributed by atoms with E-state index in [-0.39, 0.29) is 29.0 Å². The fourth-order valence-electron chi connectivity index (χ4n) is 3.73. The van der Waals surface area contributed by atoms with Gasteiger partial charge < -0.3 is 10.1 Å². The van der Waals surface area contributed by atoms with E-state index in [1.54, 1.807) is 36.7 Å². The molecule has 0 atom stereocenters. The van der Waals surface area contributed by atoms with Crippen LogP contribution >= 0.6 is 0 Å². The second kappa shape index (κ2) is 9.84. The standard InChI is InChI=1S/C24H30N6O4S/c1-5-17-7-8-18(15-19(17)35(32,33)29-11-13-34-14-12-29)22(31)27-21-16-20(24(2,3)4)28-30(21)23-25-9-6-10-26-23/h6-10,15-16H,5,11-14H2,1-4H3,(H,27,31). The first-order chi connectivity index (χ1) is 16.6. The van der Waals surface area contributed by atoms with Gasteiger partial charge in [-0.05, 0) is 30.2 Å². The number of rotatable bonds is 6. The third kappa shape index (κ3) is 5.26. The first-order valence-corrected chi connectivity index (χ1v) is 13.0. The van der Waals surface area contributed by atoms with Crippen molar-refractivity contribution in [1.82, 2.24) is 24.1 Å². The highest BCUT2D eigenvalue weighted by Crippen LogP contribution is 2.27. The van der Waals surface area contributed by atoms with Crippen molar-refractivity contribution < 1.29 is 17.9 Å². The Hall–Kier alpha value is -3.15. The molecule has 0 saturated carbocycles. The lowest BCUT2D eigenvalue weighted by Gasteiger charge is -2.27. The number of aryl methyl sites for hydroxylation is 1. The highest BCUT2D eigenvalue weighted by atomic mass is 32.2. The molecule has 35 heavy (non-hydrogen) atoms. The molecule has 1 aliphatic heterocycles. The summed E-state index contributed by atoms with van der Waals surface area (Å²) >= 11 is 0. The maximum absolute atomic E-state index is 13.4. The van der Waals surface area contributed by atoms with Gasteiger partial charge in [0.05, 0.1) is 23.8 Å². The summed E-state index contributed by atoms with van der Waals surface area (Å²) in [6.45, 7) is 9.21. The van der Waals surface area contributed by atoms with Crippen molar-refractivity contribution in [3.05, 3.63) is 59.5 Å². The monoisotopic (exact) mass is 498 g/mol. The van der Waals surface area contributed by atoms with Crippen molar-refractivity contribution >= 4 is 21.7 Å². The normalized spacial score (nSPS) is 15.2. The maximum Gasteiger partial charge on any atom is 0.256 e. The molecule has 0 radical (unpaired) electrons. The van der Waals surface area contributed by atoms with Crippen molar-refractivity contribution in [1.29, 1.82) is 0 Å². The molecule has 1 saturated heterocycles. The summed E-state index contributed by atoms with van der Waals surface area (Å²) in [6.07, 6.45) is 3.71. The molecular formula is C24H30N6O4S. The fraction of sp³-hybridized carbons (Fsp3) is 0.417. The number of nitrogens with one attached hydrogen (secondary N) is 1. The number of amides is 1. The molecule has 1 N–H and O–H groups in total. The molecule has 1 aromatic carbocycles. The Morgan fingerprint density at radius 1 is 1.11 bits per heavy atom. The van der Waals surface area contributed by atoms with Crippen LogP contribution in [-0.2, 0) is 26.6 Å². The average Bonchev–Trinajstić information content (AvgIpc) is 3.29. The molecule has 11 heteroatoms. The molecule has 4 rings (SSSR count). The van der Waals surface area contributed by atoms with E-state index in [0.717, 1.165) is 5.69 Å². The van der Waals surface area contributed by atoms with Crippen molar-refractivity contribution in [2.24, 2.45) is 0 Å². The van der Waals surface area contributed by atoms with Gasteiger partial charge in [0.2, 0.25) is 10.0 Å². The van der Waals surface area contributed by atoms with Crippen LogP contribution in [0.4, 0.5) is 5.82 Å². The van der Waals surface area contributed by atoms with Crippen LogP contribution in [0.5, 0.6) is 0 Å². The van der Waals surface area contributed by atoms with Crippen LogP contribution in [0.15, 0.2) is 47.6 Å². The van der Waals surface area contributed by atoms with Crippen LogP contribution in [0.3, 0.4) is 0 Å². The molecule has 1 fully saturated rings. The largest absolute Gasteiger partial charge is 0.379 e. The molecule has 0 unspecified atom stereocenters. The van der Waals surface area contributed by atoms with E-state index in [2.05, 4.69) is 20.4 Å². The summed E-state index contributed by atoms with van der Waals surface area (Å²) in [4.78, 5) is 21.9. The van der Waals surface area contributed by atoms with E-state index in [0.29, 0.717) is 37.0 Å². The van der Waals surface area contributed by atoms with E-state index in [4.69, 9.17) is 4.74 Å². The Morgan fingerprint density at radius 2 is 1.80 bits per heavy atom. The lowest BCUT2D eigenvalue weighted by Crippen LogP contribution is -2.41. The van der Waals surface area contributed by atoms with Gasteiger partial charge in [-0.15, -0.1) is 0 Å². The van der Waals surface area contributed by atoms with E-state index in [1.807, 2.05) is 27.7 Å². The summed E-state index contributed by atoms with van der Waals surface area (Å²) in [5, 5.41) is 7.47. The number of carbonyl (C=O) groups is 1. The van der Waals surface area contributed by atoms with Gasteiger partial charge in [-0.25, -0.2) is 18.4 Å². The Morgan fingerprint density at radius 3 is 2.43 bits per heavy atom. The molecular weight excluding hydrogens is 468 g/mol. The first-order valence-electron chi connectivity index (χ1n) is 11.5. The quantitative estimate of drug-likeness (QED) is 0.555. The summed E-state index contributed by atoms with van der Waals surface area (Å²) in [5.41, 5.74) is 1.36. The predicted octanol–water partition coefficient (Wildman–Crippen LogP) is 2.80. The van der Waals surface area contributed by atoms with Crippen molar-refractivity contribution in [3.63, 3.8) is 0 Å². The molecule has 0 aliphatic carbocycles. The van der Waals surface area contributed by atoms with Crippen LogP contribution in [0.1, 0.15) is 49.3 Å². The van der Waals surface area contributed by atoms with Gasteiger partial charge in [0.25, 0.3) is 11.9 Å². The number of nitrogens with zero attached hydrogens (tertiary/aromatic N) is 5. The highest BCUT2D eigenvalue weighted by Gasteiger charge is 2.29. The predicted molar refractivity (Wildman–Crippen MR) is 131 cm³/mol. The van der Waals surface area contributed by atoms with E-state index in [9.17, 15) is 13.2 Å². The summed E-state index contributed by atoms with van der Waals surface area (Å²) in [5.74, 6) is 0.252. The van der Waals surface area contributed by atoms with Gasteiger partial charge in [0.15, 0.2) is 0 Å². The molecule has 3 heterocycles. The lowest BCUT2D eigenvalue weighted by atomic mass is 9.92. The van der Waals surface area contributed by atoms with Crippen LogP contribution in [0, 0.1) is 0 Å². The Balaban J connectivity index is 1.69. The minimum Gasteiger partial charge on any atom is -0.379 e. The van der Waals surface area contributed by atoms with E-state index >= 15 is 0 Å². The first kappa shape index (κ1) is 25.0. The molecule has 1 amide bonds. The van der Waals surface area contributed by atoms with E-state index in [1.165, 1.54) is 15.1 Å². The zero-order valence-corrected chi connectivity index (χ0v) is 21.2. The van der Waals surface area contributed by atoms with Crippen molar-refractivity contribution in [2.75, 3.05) is 31.6 Å². The number of carbonyl (C=O) groups excluding carboxylic acids is 1. The van der Waals surface area contributed by atoms with Crippen LogP contribution < -0.4 is 5.32 Å². The number of sulfonamides is 1. The Kier molecular flexibility index (Phi) is 7.02. The van der Waals surface area contributed by atoms with Gasteiger partial charge in [-0.2, -0.15) is 14.1 Å². The number of hydrogen-bond acceptors (Lipinski definition) is 7. The summed E-state index contributed by atoms with van der Waals surface area (Å²) < 4.78 is 34.9. The van der Waals surface area contributed by atoms with Gasteiger partial charge in [-0.3, -0.25) is 4.79 Å². The molecule has 10 nitrogen and oxygen atoms in total. The number of benzene rings is 1. The zero-order chi connectivity index (χ0) is 25.2. The summed E-state index contributed by atoms with van der Waals surface area (Å²) in [6, 6.07) is 8.25. The Labute approximate surface area is 205 Å². The maximum atomic E-state index is 13.4. The SMILES string of the molecule is CCc1ccc(C(=O)Nc2cc(C(C)(C)C)nn2-c2ncccn2)cc1S(=O)(=O)N1CCOCC1. The average molecular weight is 499 g/mol. The number of anilines is 1. The number of aromatic nitrogens is 4. The third-order valence-corrected chi connectivity index (χ3v) is 7.74. The highest BCUT2D eigenvalue weighted by molar-refractivity contribution is 7.89. The Bertz CT molecular complexity index is 1310. The van der Waals surface area contributed by atoms with Gasteiger partial charge in [-0.1, -0.05) is 33.8 Å². The topological polar surface area (TPSA) is 119 Å². The van der Waals surface area contributed by atoms with Crippen LogP contribution in [-0.4, -0.2) is 64.7 Å². The third-order valence-electron chi connectivity index (χ3n) is 5.76. The molecule has 3 aromatic rings. The molecule has 1 aliphatic rings. The molecule has 2 aromatic heterocycles. The number of ether oxygens (including phenoxy) is 1. The fourth-order valence-corrected chi connectivity index (χ4v) is 5.46. The zero-order valence-electron chi connectivity index (χ0n) is 20.4. The smallest absolute Gasteiger partial charge is 0.256 e. The lowest BCUT2D eigenvalue weighted by molar-refractivity contribution is 0.0730. The minimum absolute atomic E-state index is 0.143. The van der Waals surface area contributed by atoms with Crippen molar-refractivity contribution in [3.8, 4) is 5.95 Å². The van der Waals surface area contributed by atoms with Gasteiger partial charge in [0, 0.05) is 42.5 Å². The summed E-state index contributed by atoms with van der Waals surface area (Å²) in [7, 11) is -3.76. The van der Waals surface area contributed by atoms with Gasteiger partial charge in [0.1, 0.15) is 5.82 Å². The minimum atomic E-state index is -3.76. The van der Waals surface area contributed by atoms with Crippen LogP contribution in [0.25, 0.3) is 5.95 Å². The van der Waals surface area contributed by atoms with Gasteiger partial charge >= 0.3 is 0 Å². The molecule has 0 bridgehead atoms. The molecule has 0 spiro atoms. The number of morpholine rings is 1. The molecule has 186 valence electrons. The number of hydrogen-bond donors (Lipinski definition) is 1. The van der Waals surface area contributed by atoms with Crippen LogP contribution in [0.2, 0.25) is 0 Å². The van der Waals surface area contributed by atoms with E-state index < -0.39 is 15.9 Å². The second-order valence-corrected chi connectivity index (χ2v) is 11.2.